The minimum absolute atomic E-state index is 0.733. The van der Waals surface area contributed by atoms with E-state index in [2.05, 4.69) is 48.3 Å². The van der Waals surface area contributed by atoms with E-state index in [-0.39, 0.29) is 0 Å². The second kappa shape index (κ2) is 6.59. The zero-order chi connectivity index (χ0) is 16.4. The lowest BCUT2D eigenvalue weighted by atomic mass is 10.1. The van der Waals surface area contributed by atoms with Gasteiger partial charge in [-0.1, -0.05) is 0 Å². The maximum Gasteiger partial charge on any atom is 0.0678 e. The predicted octanol–water partition coefficient (Wildman–Crippen LogP) is 4.35. The maximum atomic E-state index is 4.84. The fourth-order valence-electron chi connectivity index (χ4n) is 2.48. The normalized spacial score (nSPS) is 11.0. The minimum atomic E-state index is 0.733. The van der Waals surface area contributed by atoms with Crippen molar-refractivity contribution in [2.75, 3.05) is 0 Å². The standard InChI is InChI=1S/C19H21N3S/c1-12-5-6-23-19(12)9-17-11-20-15(4)18(22-17)8-16-7-13(2)14(3)10-21-16/h5-7,10-11H,8-9H2,1-4H3. The largest absolute Gasteiger partial charge is 0.261 e. The van der Waals surface area contributed by atoms with Crippen LogP contribution >= 0.6 is 11.3 Å². The summed E-state index contributed by atoms with van der Waals surface area (Å²) >= 11 is 1.78. The molecule has 3 heterocycles. The molecule has 3 rings (SSSR count). The molecule has 0 atom stereocenters. The number of nitrogens with zero attached hydrogens (tertiary/aromatic N) is 3. The van der Waals surface area contributed by atoms with E-state index in [1.807, 2.05) is 19.3 Å². The van der Waals surface area contributed by atoms with Crippen LogP contribution in [0.25, 0.3) is 0 Å². The summed E-state index contributed by atoms with van der Waals surface area (Å²) in [6.45, 7) is 8.37. The molecular weight excluding hydrogens is 302 g/mol. The molecule has 0 aliphatic rings. The third kappa shape index (κ3) is 3.64. The molecule has 0 saturated carbocycles. The molecular formula is C19H21N3S. The molecule has 0 fully saturated rings. The SMILES string of the molecule is Cc1cnc(Cc2nc(Cc3sccc3C)cnc2C)cc1C. The maximum absolute atomic E-state index is 4.84. The van der Waals surface area contributed by atoms with Crippen molar-refractivity contribution in [1.29, 1.82) is 0 Å². The summed E-state index contributed by atoms with van der Waals surface area (Å²) in [6, 6.07) is 4.30. The molecule has 0 aliphatic carbocycles. The van der Waals surface area contributed by atoms with E-state index in [4.69, 9.17) is 4.98 Å². The molecule has 0 unspecified atom stereocenters. The average Bonchev–Trinajstić information content (AvgIpc) is 2.92. The van der Waals surface area contributed by atoms with E-state index in [1.54, 1.807) is 11.3 Å². The second-order valence-electron chi connectivity index (χ2n) is 6.03. The molecule has 0 N–H and O–H groups in total. The third-order valence-corrected chi connectivity index (χ3v) is 5.21. The smallest absolute Gasteiger partial charge is 0.0678 e. The van der Waals surface area contributed by atoms with Gasteiger partial charge in [0.2, 0.25) is 0 Å². The Balaban J connectivity index is 1.85. The van der Waals surface area contributed by atoms with Crippen LogP contribution in [-0.2, 0) is 12.8 Å². The van der Waals surface area contributed by atoms with Gasteiger partial charge in [0.05, 0.1) is 17.1 Å². The molecule has 4 heteroatoms. The highest BCUT2D eigenvalue weighted by atomic mass is 32.1. The second-order valence-corrected chi connectivity index (χ2v) is 7.03. The van der Waals surface area contributed by atoms with Crippen LogP contribution < -0.4 is 0 Å². The number of thiophene rings is 1. The highest BCUT2D eigenvalue weighted by Gasteiger charge is 2.09. The molecule has 118 valence electrons. The summed E-state index contributed by atoms with van der Waals surface area (Å²) in [5.74, 6) is 0. The summed E-state index contributed by atoms with van der Waals surface area (Å²) in [5.41, 5.74) is 7.90. The molecule has 3 aromatic rings. The summed E-state index contributed by atoms with van der Waals surface area (Å²) in [4.78, 5) is 15.3. The highest BCUT2D eigenvalue weighted by molar-refractivity contribution is 7.10. The number of hydrogen-bond acceptors (Lipinski definition) is 4. The number of rotatable bonds is 4. The predicted molar refractivity (Wildman–Crippen MR) is 95.1 cm³/mol. The van der Waals surface area contributed by atoms with Crippen LogP contribution in [0.15, 0.2) is 29.9 Å². The molecule has 23 heavy (non-hydrogen) atoms. The Morgan fingerprint density at radius 3 is 2.39 bits per heavy atom. The Hall–Kier alpha value is -2.07. The van der Waals surface area contributed by atoms with Crippen molar-refractivity contribution in [3.05, 3.63) is 74.2 Å². The monoisotopic (exact) mass is 323 g/mol. The molecule has 0 bridgehead atoms. The molecule has 0 aromatic carbocycles. The van der Waals surface area contributed by atoms with E-state index in [9.17, 15) is 0 Å². The van der Waals surface area contributed by atoms with E-state index in [1.165, 1.54) is 21.6 Å². The van der Waals surface area contributed by atoms with Crippen molar-refractivity contribution in [1.82, 2.24) is 15.0 Å². The first kappa shape index (κ1) is 15.8. The summed E-state index contributed by atoms with van der Waals surface area (Å²) in [7, 11) is 0. The quantitative estimate of drug-likeness (QED) is 0.716. The van der Waals surface area contributed by atoms with Crippen LogP contribution in [0.5, 0.6) is 0 Å². The van der Waals surface area contributed by atoms with Crippen LogP contribution in [0.1, 0.15) is 44.3 Å². The van der Waals surface area contributed by atoms with Crippen molar-refractivity contribution in [3.8, 4) is 0 Å². The van der Waals surface area contributed by atoms with E-state index < -0.39 is 0 Å². The van der Waals surface area contributed by atoms with Crippen molar-refractivity contribution in [2.24, 2.45) is 0 Å². The molecule has 0 aliphatic heterocycles. The van der Waals surface area contributed by atoms with Gasteiger partial charge < -0.3 is 0 Å². The van der Waals surface area contributed by atoms with Crippen LogP contribution in [-0.4, -0.2) is 15.0 Å². The zero-order valence-corrected chi connectivity index (χ0v) is 14.9. The Labute approximate surface area is 141 Å². The van der Waals surface area contributed by atoms with Crippen LogP contribution in [0.2, 0.25) is 0 Å². The lowest BCUT2D eigenvalue weighted by molar-refractivity contribution is 0.904. The van der Waals surface area contributed by atoms with Crippen molar-refractivity contribution < 1.29 is 0 Å². The average molecular weight is 323 g/mol. The Kier molecular flexibility index (Phi) is 4.53. The minimum Gasteiger partial charge on any atom is -0.261 e. The number of aromatic nitrogens is 3. The molecule has 0 radical (unpaired) electrons. The van der Waals surface area contributed by atoms with Crippen LogP contribution in [0.3, 0.4) is 0 Å². The van der Waals surface area contributed by atoms with Gasteiger partial charge in [0, 0.05) is 35.8 Å². The van der Waals surface area contributed by atoms with Gasteiger partial charge in [-0.15, -0.1) is 11.3 Å². The zero-order valence-electron chi connectivity index (χ0n) is 14.1. The van der Waals surface area contributed by atoms with Gasteiger partial charge in [0.1, 0.15) is 0 Å². The van der Waals surface area contributed by atoms with Gasteiger partial charge in [0.15, 0.2) is 0 Å². The molecule has 3 nitrogen and oxygen atoms in total. The lowest BCUT2D eigenvalue weighted by Gasteiger charge is -2.08. The summed E-state index contributed by atoms with van der Waals surface area (Å²) < 4.78 is 0. The van der Waals surface area contributed by atoms with E-state index in [0.717, 1.165) is 35.6 Å². The lowest BCUT2D eigenvalue weighted by Crippen LogP contribution is -2.04. The van der Waals surface area contributed by atoms with E-state index >= 15 is 0 Å². The highest BCUT2D eigenvalue weighted by Crippen LogP contribution is 2.20. The van der Waals surface area contributed by atoms with Gasteiger partial charge in [0.25, 0.3) is 0 Å². The fourth-order valence-corrected chi connectivity index (χ4v) is 3.40. The molecule has 0 saturated heterocycles. The first-order chi connectivity index (χ1) is 11.0. The van der Waals surface area contributed by atoms with Crippen LogP contribution in [0, 0.1) is 27.7 Å². The number of hydrogen-bond donors (Lipinski definition) is 0. The van der Waals surface area contributed by atoms with Crippen LogP contribution in [0.4, 0.5) is 0 Å². The van der Waals surface area contributed by atoms with Gasteiger partial charge in [-0.2, -0.15) is 0 Å². The van der Waals surface area contributed by atoms with E-state index in [0.29, 0.717) is 0 Å². The Morgan fingerprint density at radius 1 is 0.870 bits per heavy atom. The van der Waals surface area contributed by atoms with Gasteiger partial charge in [-0.3, -0.25) is 15.0 Å². The molecule has 0 spiro atoms. The summed E-state index contributed by atoms with van der Waals surface area (Å²) in [5, 5.41) is 2.13. The molecule has 0 amide bonds. The third-order valence-electron chi connectivity index (χ3n) is 4.19. The van der Waals surface area contributed by atoms with Crippen molar-refractivity contribution in [3.63, 3.8) is 0 Å². The summed E-state index contributed by atoms with van der Waals surface area (Å²) in [6.07, 6.45) is 5.42. The number of pyridine rings is 1. The van der Waals surface area contributed by atoms with Gasteiger partial charge >= 0.3 is 0 Å². The molecule has 3 aromatic heterocycles. The van der Waals surface area contributed by atoms with Crippen molar-refractivity contribution >= 4 is 11.3 Å². The Bertz CT molecular complexity index is 836. The number of aryl methyl sites for hydroxylation is 4. The van der Waals surface area contributed by atoms with Crippen molar-refractivity contribution in [2.45, 2.75) is 40.5 Å². The fraction of sp³-hybridized carbons (Fsp3) is 0.316. The first-order valence-electron chi connectivity index (χ1n) is 7.79. The van der Waals surface area contributed by atoms with Gasteiger partial charge in [-0.05, 0) is 61.9 Å². The Morgan fingerprint density at radius 2 is 1.70 bits per heavy atom. The van der Waals surface area contributed by atoms with Gasteiger partial charge in [-0.25, -0.2) is 0 Å². The first-order valence-corrected chi connectivity index (χ1v) is 8.67. The topological polar surface area (TPSA) is 38.7 Å².